The molecule has 2 aromatic carbocycles. The number of rotatable bonds is 18. The van der Waals surface area contributed by atoms with E-state index in [1.807, 2.05) is 0 Å². The maximum absolute atomic E-state index is 2.52. The molecule has 34 heavy (non-hydrogen) atoms. The molecule has 2 heteroatoms. The van der Waals surface area contributed by atoms with Crippen molar-refractivity contribution >= 4 is 5.69 Å². The smallest absolute Gasteiger partial charge is 0.132 e. The monoisotopic (exact) mass is 460 g/mol. The van der Waals surface area contributed by atoms with E-state index in [0.29, 0.717) is 0 Å². The Hall–Kier alpha value is -2.22. The fourth-order valence-corrected chi connectivity index (χ4v) is 5.15. The maximum atomic E-state index is 2.52. The first-order chi connectivity index (χ1) is 16.9. The van der Waals surface area contributed by atoms with Crippen molar-refractivity contribution in [3.63, 3.8) is 0 Å². The lowest BCUT2D eigenvalue weighted by atomic mass is 10.0. The molecule has 0 N–H and O–H groups in total. The molecule has 0 fully saturated rings. The molecule has 0 saturated carbocycles. The third kappa shape index (κ3) is 9.20. The summed E-state index contributed by atoms with van der Waals surface area (Å²) in [6.07, 6.45) is 26.0. The predicted octanol–water partition coefficient (Wildman–Crippen LogP) is 9.85. The minimum atomic E-state index is 0.259. The highest BCUT2D eigenvalue weighted by Gasteiger charge is 2.28. The molecule has 2 aromatic rings. The summed E-state index contributed by atoms with van der Waals surface area (Å²) in [6.45, 7) is 3.42. The highest BCUT2D eigenvalue weighted by Crippen LogP contribution is 2.35. The van der Waals surface area contributed by atoms with Crippen LogP contribution in [0.1, 0.15) is 115 Å². The summed E-state index contributed by atoms with van der Waals surface area (Å²) in [4.78, 5) is 4.92. The minimum Gasteiger partial charge on any atom is -0.352 e. The summed E-state index contributed by atoms with van der Waals surface area (Å²) in [6, 6.07) is 21.7. The van der Waals surface area contributed by atoms with Crippen molar-refractivity contribution < 1.29 is 0 Å². The highest BCUT2D eigenvalue weighted by molar-refractivity contribution is 5.53. The SMILES string of the molecule is CCCCCCCCCCCCCCCCCN1C=CN(c2ccccc2)C1c1ccccc1. The third-order valence-corrected chi connectivity index (χ3v) is 7.17. The molecule has 186 valence electrons. The Morgan fingerprint density at radius 1 is 0.529 bits per heavy atom. The van der Waals surface area contributed by atoms with Gasteiger partial charge >= 0.3 is 0 Å². The predicted molar refractivity (Wildman–Crippen MR) is 149 cm³/mol. The zero-order chi connectivity index (χ0) is 23.7. The van der Waals surface area contributed by atoms with Crippen LogP contribution in [-0.2, 0) is 0 Å². The van der Waals surface area contributed by atoms with Gasteiger partial charge in [0.25, 0.3) is 0 Å². The molecule has 0 aliphatic carbocycles. The fourth-order valence-electron chi connectivity index (χ4n) is 5.15. The van der Waals surface area contributed by atoms with Crippen LogP contribution in [0.5, 0.6) is 0 Å². The number of unbranched alkanes of at least 4 members (excludes halogenated alkanes) is 14. The fraction of sp³-hybridized carbons (Fsp3) is 0.562. The van der Waals surface area contributed by atoms with Gasteiger partial charge in [0.1, 0.15) is 6.17 Å². The van der Waals surface area contributed by atoms with Crippen LogP contribution in [0.15, 0.2) is 73.1 Å². The summed E-state index contributed by atoms with van der Waals surface area (Å²) in [5, 5.41) is 0. The molecule has 0 radical (unpaired) electrons. The van der Waals surface area contributed by atoms with Crippen LogP contribution >= 0.6 is 0 Å². The van der Waals surface area contributed by atoms with Crippen LogP contribution in [0.2, 0.25) is 0 Å². The normalized spacial score (nSPS) is 15.4. The van der Waals surface area contributed by atoms with Gasteiger partial charge in [-0.25, -0.2) is 0 Å². The van der Waals surface area contributed by atoms with E-state index >= 15 is 0 Å². The van der Waals surface area contributed by atoms with E-state index in [1.54, 1.807) is 0 Å². The van der Waals surface area contributed by atoms with Gasteiger partial charge in [-0.05, 0) is 24.1 Å². The molecule has 0 amide bonds. The molecule has 0 saturated heterocycles. The second-order valence-corrected chi connectivity index (χ2v) is 10.0. The zero-order valence-electron chi connectivity index (χ0n) is 21.7. The summed E-state index contributed by atoms with van der Waals surface area (Å²) in [5.41, 5.74) is 2.61. The van der Waals surface area contributed by atoms with Crippen molar-refractivity contribution in [1.29, 1.82) is 0 Å². The Bertz CT molecular complexity index is 770. The highest BCUT2D eigenvalue weighted by atomic mass is 15.4. The molecule has 0 bridgehead atoms. The van der Waals surface area contributed by atoms with E-state index in [2.05, 4.69) is 89.8 Å². The van der Waals surface area contributed by atoms with E-state index in [1.165, 1.54) is 108 Å². The zero-order valence-corrected chi connectivity index (χ0v) is 21.7. The van der Waals surface area contributed by atoms with Crippen LogP contribution in [0.25, 0.3) is 0 Å². The number of nitrogens with zero attached hydrogens (tertiary/aromatic N) is 2. The van der Waals surface area contributed by atoms with Crippen molar-refractivity contribution in [2.24, 2.45) is 0 Å². The van der Waals surface area contributed by atoms with Crippen LogP contribution in [0, 0.1) is 0 Å². The number of hydrogen-bond donors (Lipinski definition) is 0. The van der Waals surface area contributed by atoms with Gasteiger partial charge in [0.2, 0.25) is 0 Å². The molecule has 1 unspecified atom stereocenters. The summed E-state index contributed by atoms with van der Waals surface area (Å²) < 4.78 is 0. The first-order valence-electron chi connectivity index (χ1n) is 14.2. The van der Waals surface area contributed by atoms with Crippen LogP contribution in [0.3, 0.4) is 0 Å². The Balaban J connectivity index is 1.27. The van der Waals surface area contributed by atoms with E-state index in [4.69, 9.17) is 0 Å². The molecule has 1 aliphatic heterocycles. The lowest BCUT2D eigenvalue weighted by molar-refractivity contribution is 0.297. The van der Waals surface area contributed by atoms with Crippen LogP contribution in [-0.4, -0.2) is 11.4 Å². The molecule has 2 nitrogen and oxygen atoms in total. The van der Waals surface area contributed by atoms with Crippen molar-refractivity contribution in [2.45, 2.75) is 109 Å². The largest absolute Gasteiger partial charge is 0.352 e. The molecule has 0 aromatic heterocycles. The van der Waals surface area contributed by atoms with E-state index in [9.17, 15) is 0 Å². The Kier molecular flexibility index (Phi) is 12.7. The first kappa shape index (κ1) is 26.4. The lowest BCUT2D eigenvalue weighted by Crippen LogP contribution is -2.31. The average Bonchev–Trinajstić information content (AvgIpc) is 3.31. The van der Waals surface area contributed by atoms with Gasteiger partial charge in [-0.15, -0.1) is 0 Å². The molecule has 1 aliphatic rings. The lowest BCUT2D eigenvalue weighted by Gasteiger charge is -2.33. The van der Waals surface area contributed by atoms with Gasteiger partial charge in [0.05, 0.1) is 0 Å². The summed E-state index contributed by atoms with van der Waals surface area (Å²) in [7, 11) is 0. The number of anilines is 1. The van der Waals surface area contributed by atoms with Crippen LogP contribution in [0.4, 0.5) is 5.69 Å². The molecular formula is C32H48N2. The molecular weight excluding hydrogens is 412 g/mol. The van der Waals surface area contributed by atoms with E-state index < -0.39 is 0 Å². The van der Waals surface area contributed by atoms with Crippen molar-refractivity contribution in [3.05, 3.63) is 78.6 Å². The second kappa shape index (κ2) is 16.4. The number of benzene rings is 2. The molecule has 0 spiro atoms. The summed E-state index contributed by atoms with van der Waals surface area (Å²) >= 11 is 0. The Labute approximate surface area is 210 Å². The molecule has 1 atom stereocenters. The first-order valence-corrected chi connectivity index (χ1v) is 14.2. The maximum Gasteiger partial charge on any atom is 0.132 e. The second-order valence-electron chi connectivity index (χ2n) is 10.0. The van der Waals surface area contributed by atoms with Gasteiger partial charge < -0.3 is 9.80 Å². The number of hydrogen-bond acceptors (Lipinski definition) is 2. The standard InChI is InChI=1S/C32H48N2/c1-2-3-4-5-6-7-8-9-10-11-12-13-14-15-22-27-33-28-29-34(31-25-20-17-21-26-31)32(33)30-23-18-16-19-24-30/h16-21,23-26,28-29,32H,2-15,22,27H2,1H3. The minimum absolute atomic E-state index is 0.259. The third-order valence-electron chi connectivity index (χ3n) is 7.17. The average molecular weight is 461 g/mol. The van der Waals surface area contributed by atoms with E-state index in [0.717, 1.165) is 6.54 Å². The number of para-hydroxylation sites is 1. The summed E-state index contributed by atoms with van der Waals surface area (Å²) in [5.74, 6) is 0. The van der Waals surface area contributed by atoms with E-state index in [-0.39, 0.29) is 6.17 Å². The Morgan fingerprint density at radius 3 is 1.53 bits per heavy atom. The van der Waals surface area contributed by atoms with Gasteiger partial charge in [0, 0.05) is 24.6 Å². The topological polar surface area (TPSA) is 6.48 Å². The molecule has 3 rings (SSSR count). The molecule has 1 heterocycles. The van der Waals surface area contributed by atoms with Crippen molar-refractivity contribution in [1.82, 2.24) is 4.90 Å². The van der Waals surface area contributed by atoms with Gasteiger partial charge in [-0.3, -0.25) is 0 Å². The van der Waals surface area contributed by atoms with Crippen molar-refractivity contribution in [2.75, 3.05) is 11.4 Å². The Morgan fingerprint density at radius 2 is 1.00 bits per heavy atom. The van der Waals surface area contributed by atoms with Crippen molar-refractivity contribution in [3.8, 4) is 0 Å². The quantitative estimate of drug-likeness (QED) is 0.204. The van der Waals surface area contributed by atoms with Gasteiger partial charge in [-0.1, -0.05) is 145 Å². The van der Waals surface area contributed by atoms with Gasteiger partial charge in [-0.2, -0.15) is 0 Å². The van der Waals surface area contributed by atoms with Crippen LogP contribution < -0.4 is 4.90 Å². The van der Waals surface area contributed by atoms with Gasteiger partial charge in [0.15, 0.2) is 0 Å².